The van der Waals surface area contributed by atoms with Crippen LogP contribution in [-0.2, 0) is 6.61 Å². The number of fused-ring (bicyclic) bond motifs is 1. The topological polar surface area (TPSA) is 106 Å². The Bertz CT molecular complexity index is 1120. The van der Waals surface area contributed by atoms with E-state index in [1.54, 1.807) is 37.5 Å². The van der Waals surface area contributed by atoms with Gasteiger partial charge in [0.25, 0.3) is 5.91 Å². The van der Waals surface area contributed by atoms with E-state index < -0.39 is 0 Å². The molecular formula is C20H19N5O3. The first-order valence-corrected chi connectivity index (χ1v) is 8.84. The van der Waals surface area contributed by atoms with E-state index in [2.05, 4.69) is 25.4 Å². The number of imidazole rings is 1. The molecule has 0 fully saturated rings. The van der Waals surface area contributed by atoms with Gasteiger partial charge >= 0.3 is 0 Å². The van der Waals surface area contributed by atoms with Crippen molar-refractivity contribution >= 4 is 16.9 Å². The minimum absolute atomic E-state index is 0.160. The minimum Gasteiger partial charge on any atom is -0.485 e. The lowest BCUT2D eigenvalue weighted by Crippen LogP contribution is -2.26. The average Bonchev–Trinajstić information content (AvgIpc) is 3.34. The molecule has 4 aromatic rings. The van der Waals surface area contributed by atoms with E-state index in [0.29, 0.717) is 23.0 Å². The van der Waals surface area contributed by atoms with Crippen molar-refractivity contribution in [3.8, 4) is 5.75 Å². The predicted octanol–water partition coefficient (Wildman–Crippen LogP) is 3.32. The van der Waals surface area contributed by atoms with Crippen molar-refractivity contribution in [2.75, 3.05) is 0 Å². The Balaban J connectivity index is 1.42. The van der Waals surface area contributed by atoms with Gasteiger partial charge in [-0.3, -0.25) is 4.79 Å². The van der Waals surface area contributed by atoms with Crippen LogP contribution in [0.3, 0.4) is 0 Å². The van der Waals surface area contributed by atoms with Gasteiger partial charge in [0.2, 0.25) is 11.7 Å². The standard InChI is InChI=1S/C20H19N5O3/c1-12(14-6-7-17-18(9-14)22-11-21-17)23-20(26)15-4-3-5-16(8-15)27-10-19-24-13(2)28-25-19/h3-9,11-12H,10H2,1-2H3,(H,21,22)(H,23,26). The van der Waals surface area contributed by atoms with Gasteiger partial charge in [0.15, 0.2) is 6.61 Å². The highest BCUT2D eigenvalue weighted by molar-refractivity contribution is 5.94. The van der Waals surface area contributed by atoms with Crippen molar-refractivity contribution in [2.45, 2.75) is 26.5 Å². The molecule has 0 saturated carbocycles. The fraction of sp³-hybridized carbons (Fsp3) is 0.200. The van der Waals surface area contributed by atoms with Crippen LogP contribution in [0.2, 0.25) is 0 Å². The fourth-order valence-electron chi connectivity index (χ4n) is 2.86. The zero-order valence-corrected chi connectivity index (χ0v) is 15.5. The van der Waals surface area contributed by atoms with Crippen molar-refractivity contribution < 1.29 is 14.1 Å². The van der Waals surface area contributed by atoms with Crippen LogP contribution >= 0.6 is 0 Å². The number of aryl methyl sites for hydroxylation is 1. The van der Waals surface area contributed by atoms with E-state index in [-0.39, 0.29) is 18.6 Å². The molecule has 8 heteroatoms. The Labute approximate surface area is 160 Å². The monoisotopic (exact) mass is 377 g/mol. The van der Waals surface area contributed by atoms with Crippen molar-refractivity contribution in [1.82, 2.24) is 25.4 Å². The SMILES string of the molecule is Cc1nc(COc2cccc(C(=O)NC(C)c3ccc4nc[nH]c4c3)c2)no1. The van der Waals surface area contributed by atoms with Crippen molar-refractivity contribution in [2.24, 2.45) is 0 Å². The minimum atomic E-state index is -0.182. The number of carbonyl (C=O) groups excluding carboxylic acids is 1. The lowest BCUT2D eigenvalue weighted by atomic mass is 10.1. The molecule has 4 rings (SSSR count). The Hall–Kier alpha value is -3.68. The quantitative estimate of drug-likeness (QED) is 0.534. The molecule has 2 heterocycles. The maximum Gasteiger partial charge on any atom is 0.251 e. The number of H-pyrrole nitrogens is 1. The van der Waals surface area contributed by atoms with Gasteiger partial charge in [0.1, 0.15) is 5.75 Å². The summed E-state index contributed by atoms with van der Waals surface area (Å²) >= 11 is 0. The lowest BCUT2D eigenvalue weighted by Gasteiger charge is -2.15. The van der Waals surface area contributed by atoms with Crippen LogP contribution in [0.4, 0.5) is 0 Å². The molecule has 1 atom stereocenters. The molecule has 1 unspecified atom stereocenters. The molecule has 0 aliphatic heterocycles. The Morgan fingerprint density at radius 3 is 3.00 bits per heavy atom. The molecule has 0 saturated heterocycles. The molecule has 2 aromatic carbocycles. The number of rotatable bonds is 6. The first-order valence-electron chi connectivity index (χ1n) is 8.84. The molecule has 28 heavy (non-hydrogen) atoms. The number of amides is 1. The van der Waals surface area contributed by atoms with Gasteiger partial charge in [-0.25, -0.2) is 4.98 Å². The molecule has 0 aliphatic carbocycles. The largest absolute Gasteiger partial charge is 0.485 e. The number of aromatic nitrogens is 4. The zero-order valence-electron chi connectivity index (χ0n) is 15.5. The molecule has 0 spiro atoms. The number of hydrogen-bond acceptors (Lipinski definition) is 6. The molecule has 1 amide bonds. The highest BCUT2D eigenvalue weighted by atomic mass is 16.5. The van der Waals surface area contributed by atoms with Crippen molar-refractivity contribution in [3.05, 3.63) is 71.6 Å². The van der Waals surface area contributed by atoms with E-state index in [9.17, 15) is 4.79 Å². The summed E-state index contributed by atoms with van der Waals surface area (Å²) in [5, 5.41) is 6.79. The Morgan fingerprint density at radius 2 is 2.18 bits per heavy atom. The van der Waals surface area contributed by atoms with Crippen LogP contribution in [0, 0.1) is 6.92 Å². The lowest BCUT2D eigenvalue weighted by molar-refractivity contribution is 0.0939. The third-order valence-electron chi connectivity index (χ3n) is 4.33. The Kier molecular flexibility index (Phi) is 4.76. The van der Waals surface area contributed by atoms with E-state index in [4.69, 9.17) is 9.26 Å². The summed E-state index contributed by atoms with van der Waals surface area (Å²) in [5.41, 5.74) is 3.33. The van der Waals surface area contributed by atoms with E-state index in [0.717, 1.165) is 16.6 Å². The van der Waals surface area contributed by atoms with Crippen LogP contribution in [0.1, 0.15) is 40.6 Å². The summed E-state index contributed by atoms with van der Waals surface area (Å²) in [6.07, 6.45) is 1.65. The molecule has 0 bridgehead atoms. The molecule has 2 N–H and O–H groups in total. The van der Waals surface area contributed by atoms with Crippen LogP contribution in [0.25, 0.3) is 11.0 Å². The van der Waals surface area contributed by atoms with Gasteiger partial charge < -0.3 is 19.6 Å². The number of benzene rings is 2. The van der Waals surface area contributed by atoms with Crippen LogP contribution in [0.15, 0.2) is 53.3 Å². The third kappa shape index (κ3) is 3.85. The maximum absolute atomic E-state index is 12.6. The number of nitrogens with one attached hydrogen (secondary N) is 2. The molecule has 0 aliphatic rings. The van der Waals surface area contributed by atoms with Gasteiger partial charge in [0, 0.05) is 12.5 Å². The maximum atomic E-state index is 12.6. The fourth-order valence-corrected chi connectivity index (χ4v) is 2.86. The zero-order chi connectivity index (χ0) is 19.5. The molecular weight excluding hydrogens is 358 g/mol. The van der Waals surface area contributed by atoms with Crippen LogP contribution in [-0.4, -0.2) is 26.0 Å². The molecule has 142 valence electrons. The summed E-state index contributed by atoms with van der Waals surface area (Å²) in [5.74, 6) is 1.31. The second-order valence-electron chi connectivity index (χ2n) is 6.42. The van der Waals surface area contributed by atoms with E-state index >= 15 is 0 Å². The number of hydrogen-bond donors (Lipinski definition) is 2. The highest BCUT2D eigenvalue weighted by Gasteiger charge is 2.13. The van der Waals surface area contributed by atoms with Gasteiger partial charge in [0.05, 0.1) is 23.4 Å². The smallest absolute Gasteiger partial charge is 0.251 e. The van der Waals surface area contributed by atoms with Crippen LogP contribution < -0.4 is 10.1 Å². The normalized spacial score (nSPS) is 12.1. The van der Waals surface area contributed by atoms with Gasteiger partial charge in [-0.1, -0.05) is 17.3 Å². The highest BCUT2D eigenvalue weighted by Crippen LogP contribution is 2.19. The van der Waals surface area contributed by atoms with Crippen molar-refractivity contribution in [1.29, 1.82) is 0 Å². The first-order chi connectivity index (χ1) is 13.6. The van der Waals surface area contributed by atoms with E-state index in [1.807, 2.05) is 25.1 Å². The van der Waals surface area contributed by atoms with Gasteiger partial charge in [-0.2, -0.15) is 4.98 Å². The average molecular weight is 377 g/mol. The number of aromatic amines is 1. The summed E-state index contributed by atoms with van der Waals surface area (Å²) in [6, 6.07) is 12.7. The Morgan fingerprint density at radius 1 is 1.29 bits per heavy atom. The molecule has 8 nitrogen and oxygen atoms in total. The third-order valence-corrected chi connectivity index (χ3v) is 4.33. The molecule has 0 radical (unpaired) electrons. The first kappa shape index (κ1) is 17.7. The second kappa shape index (κ2) is 7.51. The number of carbonyl (C=O) groups is 1. The van der Waals surface area contributed by atoms with Crippen LogP contribution in [0.5, 0.6) is 5.75 Å². The van der Waals surface area contributed by atoms with Gasteiger partial charge in [-0.15, -0.1) is 0 Å². The second-order valence-corrected chi connectivity index (χ2v) is 6.42. The van der Waals surface area contributed by atoms with Crippen molar-refractivity contribution in [3.63, 3.8) is 0 Å². The van der Waals surface area contributed by atoms with Gasteiger partial charge in [-0.05, 0) is 42.8 Å². The number of ether oxygens (including phenoxy) is 1. The summed E-state index contributed by atoms with van der Waals surface area (Å²) in [4.78, 5) is 24.0. The number of nitrogens with zero attached hydrogens (tertiary/aromatic N) is 3. The molecule has 2 aromatic heterocycles. The van der Waals surface area contributed by atoms with E-state index in [1.165, 1.54) is 0 Å². The summed E-state index contributed by atoms with van der Waals surface area (Å²) < 4.78 is 10.6. The summed E-state index contributed by atoms with van der Waals surface area (Å²) in [6.45, 7) is 3.82. The predicted molar refractivity (Wildman–Crippen MR) is 102 cm³/mol. The summed E-state index contributed by atoms with van der Waals surface area (Å²) in [7, 11) is 0.